The van der Waals surface area contributed by atoms with Crippen LogP contribution in [0.2, 0.25) is 0 Å². The summed E-state index contributed by atoms with van der Waals surface area (Å²) in [6.45, 7) is 0. The van der Waals surface area contributed by atoms with Crippen molar-refractivity contribution in [2.75, 3.05) is 0 Å². The zero-order valence-corrected chi connectivity index (χ0v) is 5.48. The topological polar surface area (TPSA) is 91.7 Å². The van der Waals surface area contributed by atoms with Crippen LogP contribution in [0.15, 0.2) is 0 Å². The Kier molecular flexibility index (Phi) is 1.64. The van der Waals surface area contributed by atoms with Crippen LogP contribution in [0.5, 0.6) is 0 Å². The smallest absolute Gasteiger partial charge is 0.314 e. The van der Waals surface area contributed by atoms with E-state index in [1.807, 2.05) is 0 Å². The van der Waals surface area contributed by atoms with Gasteiger partial charge < -0.3 is 10.2 Å². The van der Waals surface area contributed by atoms with Gasteiger partial charge in [-0.25, -0.2) is 0 Å². The molecule has 0 bridgehead atoms. The third kappa shape index (κ3) is 1.09. The van der Waals surface area contributed by atoms with Crippen molar-refractivity contribution < 1.29 is 24.6 Å². The summed E-state index contributed by atoms with van der Waals surface area (Å²) in [7, 11) is 0. The maximum absolute atomic E-state index is 10.5. The first kappa shape index (κ1) is 7.71. The molecule has 2 atom stereocenters. The molecule has 0 aromatic carbocycles. The standard InChI is InChI=1S/C6H6O5/c7-3-1-2(5(8)9)4(3)6(10)11/h2,4H,1H2,(H,8,9)(H,10,11)/t2-,4+/m1/s1. The number of Topliss-reactive ketones (excluding diaryl/α,β-unsaturated/α-hetero) is 1. The quantitative estimate of drug-likeness (QED) is 0.521. The number of carboxylic acids is 2. The third-order valence-corrected chi connectivity index (χ3v) is 1.75. The van der Waals surface area contributed by atoms with E-state index in [1.165, 1.54) is 0 Å². The highest BCUT2D eigenvalue weighted by molar-refractivity contribution is 6.08. The molecule has 0 spiro atoms. The van der Waals surface area contributed by atoms with Crippen LogP contribution >= 0.6 is 0 Å². The van der Waals surface area contributed by atoms with Gasteiger partial charge in [0.2, 0.25) is 0 Å². The minimum Gasteiger partial charge on any atom is -0.481 e. The fourth-order valence-electron chi connectivity index (χ4n) is 1.07. The number of hydrogen-bond donors (Lipinski definition) is 2. The summed E-state index contributed by atoms with van der Waals surface area (Å²) < 4.78 is 0. The van der Waals surface area contributed by atoms with E-state index >= 15 is 0 Å². The first-order valence-corrected chi connectivity index (χ1v) is 3.02. The molecule has 1 rings (SSSR count). The van der Waals surface area contributed by atoms with Crippen LogP contribution in [0.1, 0.15) is 6.42 Å². The summed E-state index contributed by atoms with van der Waals surface area (Å²) in [5, 5.41) is 16.7. The molecule has 0 saturated heterocycles. The normalized spacial score (nSPS) is 29.3. The van der Waals surface area contributed by atoms with Crippen LogP contribution in [0, 0.1) is 11.8 Å². The molecule has 0 aliphatic heterocycles. The lowest BCUT2D eigenvalue weighted by atomic mass is 9.72. The van der Waals surface area contributed by atoms with E-state index in [0.29, 0.717) is 0 Å². The van der Waals surface area contributed by atoms with Gasteiger partial charge in [-0.05, 0) is 0 Å². The summed E-state index contributed by atoms with van der Waals surface area (Å²) in [4.78, 5) is 31.0. The molecule has 0 aromatic rings. The fraction of sp³-hybridized carbons (Fsp3) is 0.500. The van der Waals surface area contributed by atoms with Crippen LogP contribution in [0.3, 0.4) is 0 Å². The Balaban J connectivity index is 2.69. The van der Waals surface area contributed by atoms with Gasteiger partial charge >= 0.3 is 11.9 Å². The number of hydrogen-bond acceptors (Lipinski definition) is 3. The van der Waals surface area contributed by atoms with Crippen molar-refractivity contribution in [2.24, 2.45) is 11.8 Å². The highest BCUT2D eigenvalue weighted by Gasteiger charge is 2.49. The van der Waals surface area contributed by atoms with Crippen LogP contribution in [-0.2, 0) is 14.4 Å². The van der Waals surface area contributed by atoms with E-state index in [2.05, 4.69) is 0 Å². The Morgan fingerprint density at radius 3 is 2.00 bits per heavy atom. The van der Waals surface area contributed by atoms with E-state index in [9.17, 15) is 14.4 Å². The van der Waals surface area contributed by atoms with Crippen molar-refractivity contribution in [2.45, 2.75) is 6.42 Å². The predicted octanol–water partition coefficient (Wildman–Crippen LogP) is -0.639. The zero-order valence-electron chi connectivity index (χ0n) is 5.48. The first-order valence-electron chi connectivity index (χ1n) is 3.02. The van der Waals surface area contributed by atoms with Crippen molar-refractivity contribution >= 4 is 17.7 Å². The third-order valence-electron chi connectivity index (χ3n) is 1.75. The summed E-state index contributed by atoms with van der Waals surface area (Å²) >= 11 is 0. The molecule has 0 radical (unpaired) electrons. The van der Waals surface area contributed by atoms with Crippen molar-refractivity contribution in [3.63, 3.8) is 0 Å². The van der Waals surface area contributed by atoms with Crippen molar-refractivity contribution in [1.82, 2.24) is 0 Å². The van der Waals surface area contributed by atoms with Gasteiger partial charge in [0.1, 0.15) is 11.7 Å². The van der Waals surface area contributed by atoms with E-state index in [4.69, 9.17) is 10.2 Å². The Morgan fingerprint density at radius 1 is 1.27 bits per heavy atom. The lowest BCUT2D eigenvalue weighted by molar-refractivity contribution is -0.166. The summed E-state index contributed by atoms with van der Waals surface area (Å²) in [5.41, 5.74) is 0. The van der Waals surface area contributed by atoms with Crippen LogP contribution in [0.4, 0.5) is 0 Å². The number of carboxylic acid groups (broad SMARTS) is 2. The van der Waals surface area contributed by atoms with Gasteiger partial charge in [-0.15, -0.1) is 0 Å². The minimum atomic E-state index is -1.34. The molecule has 1 aliphatic rings. The van der Waals surface area contributed by atoms with Crippen molar-refractivity contribution in [3.05, 3.63) is 0 Å². The average molecular weight is 158 g/mol. The average Bonchev–Trinajstić information content (AvgIpc) is 1.80. The summed E-state index contributed by atoms with van der Waals surface area (Å²) in [6, 6.07) is 0. The molecular formula is C6H6O5. The van der Waals surface area contributed by atoms with Crippen molar-refractivity contribution in [1.29, 1.82) is 0 Å². The molecule has 1 aliphatic carbocycles. The Bertz CT molecular complexity index is 223. The number of ketones is 1. The first-order chi connectivity index (χ1) is 5.04. The van der Waals surface area contributed by atoms with Gasteiger partial charge in [0.15, 0.2) is 0 Å². The van der Waals surface area contributed by atoms with Gasteiger partial charge in [-0.3, -0.25) is 14.4 Å². The van der Waals surface area contributed by atoms with Gasteiger partial charge in [-0.1, -0.05) is 0 Å². The number of carbonyl (C=O) groups is 3. The fourth-order valence-corrected chi connectivity index (χ4v) is 1.07. The highest BCUT2D eigenvalue weighted by atomic mass is 16.4. The largest absolute Gasteiger partial charge is 0.481 e. The number of carbonyl (C=O) groups excluding carboxylic acids is 1. The Hall–Kier alpha value is -1.39. The van der Waals surface area contributed by atoms with Crippen LogP contribution in [-0.4, -0.2) is 27.9 Å². The maximum atomic E-state index is 10.5. The molecule has 0 amide bonds. The Morgan fingerprint density at radius 2 is 1.82 bits per heavy atom. The summed E-state index contributed by atoms with van der Waals surface area (Å²) in [5.74, 6) is -5.37. The van der Waals surface area contributed by atoms with Crippen LogP contribution in [0.25, 0.3) is 0 Å². The molecule has 2 N–H and O–H groups in total. The highest BCUT2D eigenvalue weighted by Crippen LogP contribution is 2.30. The van der Waals surface area contributed by atoms with E-state index in [-0.39, 0.29) is 6.42 Å². The second kappa shape index (κ2) is 2.34. The second-order valence-corrected chi connectivity index (χ2v) is 2.43. The molecule has 60 valence electrons. The molecule has 5 nitrogen and oxygen atoms in total. The Labute approximate surface area is 61.6 Å². The minimum absolute atomic E-state index is 0.147. The van der Waals surface area contributed by atoms with Crippen LogP contribution < -0.4 is 0 Å². The van der Waals surface area contributed by atoms with Gasteiger partial charge in [0.25, 0.3) is 0 Å². The molecular weight excluding hydrogens is 152 g/mol. The van der Waals surface area contributed by atoms with E-state index < -0.39 is 29.6 Å². The van der Waals surface area contributed by atoms with Gasteiger partial charge in [-0.2, -0.15) is 0 Å². The molecule has 5 heteroatoms. The maximum Gasteiger partial charge on any atom is 0.314 e. The summed E-state index contributed by atoms with van der Waals surface area (Å²) in [6.07, 6.45) is -0.147. The lowest BCUT2D eigenvalue weighted by Gasteiger charge is -2.27. The van der Waals surface area contributed by atoms with Gasteiger partial charge in [0, 0.05) is 6.42 Å². The van der Waals surface area contributed by atoms with E-state index in [0.717, 1.165) is 0 Å². The monoisotopic (exact) mass is 158 g/mol. The number of rotatable bonds is 2. The SMILES string of the molecule is O=C(O)[C@@H]1C(=O)C[C@H]1C(=O)O. The molecule has 1 saturated carbocycles. The zero-order chi connectivity index (χ0) is 8.59. The van der Waals surface area contributed by atoms with E-state index in [1.54, 1.807) is 0 Å². The van der Waals surface area contributed by atoms with Gasteiger partial charge in [0.05, 0.1) is 5.92 Å². The molecule has 0 heterocycles. The predicted molar refractivity (Wildman–Crippen MR) is 31.9 cm³/mol. The molecule has 11 heavy (non-hydrogen) atoms. The van der Waals surface area contributed by atoms with Crippen molar-refractivity contribution in [3.8, 4) is 0 Å². The number of aliphatic carboxylic acids is 2. The molecule has 0 aromatic heterocycles. The second-order valence-electron chi connectivity index (χ2n) is 2.43. The molecule has 0 unspecified atom stereocenters. The lowest BCUT2D eigenvalue weighted by Crippen LogP contribution is -2.46. The molecule has 1 fully saturated rings.